The van der Waals surface area contributed by atoms with Crippen LogP contribution in [0.4, 0.5) is 0 Å². The van der Waals surface area contributed by atoms with Crippen LogP contribution in [0, 0.1) is 13.8 Å². The van der Waals surface area contributed by atoms with Crippen molar-refractivity contribution in [2.75, 3.05) is 12.0 Å². The molecule has 0 aromatic carbocycles. The summed E-state index contributed by atoms with van der Waals surface area (Å²) in [5.41, 5.74) is 1.18. The normalized spacial score (nSPS) is 13.1. The minimum Gasteiger partial charge on any atom is -0.308 e. The highest BCUT2D eigenvalue weighted by Crippen LogP contribution is 2.16. The lowest BCUT2D eigenvalue weighted by molar-refractivity contribution is 0.599. The second kappa shape index (κ2) is 5.73. The van der Waals surface area contributed by atoms with Crippen LogP contribution in [-0.4, -0.2) is 23.0 Å². The quantitative estimate of drug-likeness (QED) is 0.841. The van der Waals surface area contributed by atoms with E-state index in [2.05, 4.69) is 37.3 Å². The van der Waals surface area contributed by atoms with Crippen LogP contribution in [0.15, 0.2) is 0 Å². The Balaban J connectivity index is 2.41. The van der Waals surface area contributed by atoms with Gasteiger partial charge in [0.2, 0.25) is 0 Å². The van der Waals surface area contributed by atoms with Gasteiger partial charge in [0, 0.05) is 23.2 Å². The number of nitrogens with zero attached hydrogens (tertiary/aromatic N) is 1. The van der Waals surface area contributed by atoms with Crippen molar-refractivity contribution in [1.82, 2.24) is 10.3 Å². The summed E-state index contributed by atoms with van der Waals surface area (Å²) in [5, 5.41) is 4.67. The maximum atomic E-state index is 4.41. The molecule has 0 saturated heterocycles. The first-order chi connectivity index (χ1) is 6.63. The summed E-state index contributed by atoms with van der Waals surface area (Å²) >= 11 is 3.67. The van der Waals surface area contributed by atoms with Crippen LogP contribution >= 0.6 is 23.1 Å². The maximum Gasteiger partial charge on any atom is 0.0900 e. The van der Waals surface area contributed by atoms with Gasteiger partial charge in [0.25, 0.3) is 0 Å². The van der Waals surface area contributed by atoms with Crippen LogP contribution in [-0.2, 0) is 6.54 Å². The van der Waals surface area contributed by atoms with Gasteiger partial charge in [-0.2, -0.15) is 11.8 Å². The Morgan fingerprint density at radius 3 is 2.71 bits per heavy atom. The van der Waals surface area contributed by atoms with Crippen molar-refractivity contribution in [2.24, 2.45) is 0 Å². The smallest absolute Gasteiger partial charge is 0.0900 e. The molecule has 0 radical (unpaired) electrons. The van der Waals surface area contributed by atoms with E-state index in [9.17, 15) is 0 Å². The lowest BCUT2D eigenvalue weighted by Gasteiger charge is -2.11. The highest BCUT2D eigenvalue weighted by Gasteiger charge is 2.06. The lowest BCUT2D eigenvalue weighted by Crippen LogP contribution is -2.27. The van der Waals surface area contributed by atoms with Gasteiger partial charge in [-0.25, -0.2) is 4.98 Å². The van der Waals surface area contributed by atoms with Gasteiger partial charge in [0.15, 0.2) is 0 Å². The van der Waals surface area contributed by atoms with Gasteiger partial charge in [-0.15, -0.1) is 11.3 Å². The molecule has 1 atom stereocenters. The molecular weight excluding hydrogens is 212 g/mol. The Morgan fingerprint density at radius 2 is 2.21 bits per heavy atom. The predicted octanol–water partition coefficient (Wildman–Crippen LogP) is 2.60. The Labute approximate surface area is 94.5 Å². The number of thiazole rings is 1. The van der Waals surface area contributed by atoms with E-state index in [1.54, 1.807) is 11.3 Å². The zero-order valence-corrected chi connectivity index (χ0v) is 10.9. The Hall–Kier alpha value is -0.0600. The SMILES string of the molecule is CSCC(C)NCc1sc(C)nc1C. The first-order valence-electron chi connectivity index (χ1n) is 4.78. The molecule has 1 aromatic rings. The van der Waals surface area contributed by atoms with Crippen LogP contribution in [0.5, 0.6) is 0 Å². The molecule has 0 amide bonds. The third-order valence-electron chi connectivity index (χ3n) is 2.03. The summed E-state index contributed by atoms with van der Waals surface area (Å²) in [6.07, 6.45) is 2.14. The monoisotopic (exact) mass is 230 g/mol. The number of aromatic nitrogens is 1. The molecule has 0 fully saturated rings. The molecule has 1 unspecified atom stereocenters. The highest BCUT2D eigenvalue weighted by atomic mass is 32.2. The summed E-state index contributed by atoms with van der Waals surface area (Å²) in [6.45, 7) is 7.32. The van der Waals surface area contributed by atoms with Crippen molar-refractivity contribution in [1.29, 1.82) is 0 Å². The van der Waals surface area contributed by atoms with Gasteiger partial charge in [-0.3, -0.25) is 0 Å². The van der Waals surface area contributed by atoms with Crippen molar-refractivity contribution < 1.29 is 0 Å². The minimum atomic E-state index is 0.576. The van der Waals surface area contributed by atoms with Crippen LogP contribution < -0.4 is 5.32 Å². The third-order valence-corrected chi connectivity index (χ3v) is 3.93. The Bertz CT molecular complexity index is 284. The van der Waals surface area contributed by atoms with Gasteiger partial charge in [0.1, 0.15) is 0 Å². The van der Waals surface area contributed by atoms with E-state index in [4.69, 9.17) is 0 Å². The molecule has 0 saturated carbocycles. The summed E-state index contributed by atoms with van der Waals surface area (Å²) in [4.78, 5) is 5.78. The number of nitrogens with one attached hydrogen (secondary N) is 1. The zero-order valence-electron chi connectivity index (χ0n) is 9.26. The van der Waals surface area contributed by atoms with Crippen molar-refractivity contribution in [3.05, 3.63) is 15.6 Å². The van der Waals surface area contributed by atoms with E-state index >= 15 is 0 Å². The second-order valence-electron chi connectivity index (χ2n) is 3.48. The molecule has 14 heavy (non-hydrogen) atoms. The van der Waals surface area contributed by atoms with Crippen LogP contribution in [0.25, 0.3) is 0 Å². The highest BCUT2D eigenvalue weighted by molar-refractivity contribution is 7.98. The molecule has 1 rings (SSSR count). The molecule has 1 N–H and O–H groups in total. The van der Waals surface area contributed by atoms with Crippen LogP contribution in [0.3, 0.4) is 0 Å². The largest absolute Gasteiger partial charge is 0.308 e. The zero-order chi connectivity index (χ0) is 10.6. The van der Waals surface area contributed by atoms with Crippen LogP contribution in [0.2, 0.25) is 0 Å². The van der Waals surface area contributed by atoms with E-state index in [-0.39, 0.29) is 0 Å². The summed E-state index contributed by atoms with van der Waals surface area (Å²) in [6, 6.07) is 0.576. The molecule has 0 aliphatic carbocycles. The molecular formula is C10H18N2S2. The number of hydrogen-bond donors (Lipinski definition) is 1. The van der Waals surface area contributed by atoms with E-state index in [0.29, 0.717) is 6.04 Å². The molecule has 2 nitrogen and oxygen atoms in total. The topological polar surface area (TPSA) is 24.9 Å². The second-order valence-corrected chi connectivity index (χ2v) is 5.68. The van der Waals surface area contributed by atoms with E-state index < -0.39 is 0 Å². The van der Waals surface area contributed by atoms with Gasteiger partial charge >= 0.3 is 0 Å². The molecule has 0 aliphatic heterocycles. The van der Waals surface area contributed by atoms with E-state index in [1.165, 1.54) is 10.6 Å². The van der Waals surface area contributed by atoms with Gasteiger partial charge in [-0.1, -0.05) is 0 Å². The predicted molar refractivity (Wildman–Crippen MR) is 66.3 cm³/mol. The fraction of sp³-hybridized carbons (Fsp3) is 0.700. The van der Waals surface area contributed by atoms with Crippen molar-refractivity contribution >= 4 is 23.1 Å². The Morgan fingerprint density at radius 1 is 1.50 bits per heavy atom. The third kappa shape index (κ3) is 3.59. The number of aryl methyl sites for hydroxylation is 2. The molecule has 1 aromatic heterocycles. The first-order valence-corrected chi connectivity index (χ1v) is 6.99. The van der Waals surface area contributed by atoms with E-state index in [1.807, 2.05) is 11.8 Å². The fourth-order valence-electron chi connectivity index (χ4n) is 1.31. The average molecular weight is 230 g/mol. The van der Waals surface area contributed by atoms with Crippen molar-refractivity contribution in [2.45, 2.75) is 33.4 Å². The summed E-state index contributed by atoms with van der Waals surface area (Å²) in [5.74, 6) is 1.16. The van der Waals surface area contributed by atoms with Gasteiger partial charge < -0.3 is 5.32 Å². The molecule has 4 heteroatoms. The molecule has 0 bridgehead atoms. The molecule has 1 heterocycles. The summed E-state index contributed by atoms with van der Waals surface area (Å²) < 4.78 is 0. The van der Waals surface area contributed by atoms with Crippen LogP contribution in [0.1, 0.15) is 22.5 Å². The standard InChI is InChI=1S/C10H18N2S2/c1-7(6-13-4)11-5-10-8(2)12-9(3)14-10/h7,11H,5-6H2,1-4H3. The average Bonchev–Trinajstić information content (AvgIpc) is 2.42. The van der Waals surface area contributed by atoms with E-state index in [0.717, 1.165) is 17.3 Å². The minimum absolute atomic E-state index is 0.576. The fourth-order valence-corrected chi connectivity index (χ4v) is 2.82. The maximum absolute atomic E-state index is 4.41. The number of hydrogen-bond acceptors (Lipinski definition) is 4. The Kier molecular flexibility index (Phi) is 4.92. The van der Waals surface area contributed by atoms with Crippen molar-refractivity contribution in [3.63, 3.8) is 0 Å². The number of rotatable bonds is 5. The molecule has 0 aliphatic rings. The van der Waals surface area contributed by atoms with Gasteiger partial charge in [0.05, 0.1) is 10.7 Å². The molecule has 0 spiro atoms. The summed E-state index contributed by atoms with van der Waals surface area (Å²) in [7, 11) is 0. The first kappa shape index (κ1) is 12.0. The molecule has 80 valence electrons. The number of thioether (sulfide) groups is 1. The van der Waals surface area contributed by atoms with Crippen molar-refractivity contribution in [3.8, 4) is 0 Å². The lowest BCUT2D eigenvalue weighted by atomic mass is 10.3. The van der Waals surface area contributed by atoms with Gasteiger partial charge in [-0.05, 0) is 27.0 Å².